The van der Waals surface area contributed by atoms with Gasteiger partial charge in [-0.1, -0.05) is 6.92 Å². The van der Waals surface area contributed by atoms with Gasteiger partial charge in [-0.05, 0) is 38.0 Å². The average Bonchev–Trinajstić information content (AvgIpc) is 2.02. The molecular formula is C10H18O2S. The summed E-state index contributed by atoms with van der Waals surface area (Å²) in [6, 6.07) is 0. The van der Waals surface area contributed by atoms with Crippen molar-refractivity contribution in [2.24, 2.45) is 5.92 Å². The lowest BCUT2D eigenvalue weighted by molar-refractivity contribution is -0.137. The Bertz CT molecular complexity index is 179. The maximum atomic E-state index is 10.4. The second-order valence-electron chi connectivity index (χ2n) is 4.37. The standard InChI is InChI=1S/C10H18O2S/c1-10(13)6-4-8(5-7-10)2-3-9(11)12/h8,13H,2-7H2,1H3,(H,11,12)/t8-,10+. The molecule has 0 amide bonds. The molecule has 0 aromatic heterocycles. The SMILES string of the molecule is C[C@]1(S)CC[C@@H](CCC(=O)O)CC1. The van der Waals surface area contributed by atoms with Gasteiger partial charge in [0, 0.05) is 11.2 Å². The molecule has 0 bridgehead atoms. The average molecular weight is 202 g/mol. The minimum absolute atomic E-state index is 0.194. The van der Waals surface area contributed by atoms with Gasteiger partial charge in [0.2, 0.25) is 0 Å². The molecule has 2 nitrogen and oxygen atoms in total. The summed E-state index contributed by atoms with van der Waals surface area (Å²) >= 11 is 4.55. The summed E-state index contributed by atoms with van der Waals surface area (Å²) in [5.41, 5.74) is 0. The Hall–Kier alpha value is -0.180. The minimum Gasteiger partial charge on any atom is -0.481 e. The van der Waals surface area contributed by atoms with E-state index in [-0.39, 0.29) is 4.75 Å². The van der Waals surface area contributed by atoms with E-state index in [9.17, 15) is 4.79 Å². The molecule has 1 aliphatic rings. The second kappa shape index (κ2) is 4.36. The summed E-state index contributed by atoms with van der Waals surface area (Å²) in [5, 5.41) is 8.53. The molecule has 1 fully saturated rings. The van der Waals surface area contributed by atoms with E-state index < -0.39 is 5.97 Å². The predicted octanol–water partition coefficient (Wildman–Crippen LogP) is 2.73. The largest absolute Gasteiger partial charge is 0.481 e. The number of aliphatic carboxylic acids is 1. The Kier molecular flexibility index (Phi) is 3.65. The number of carbonyl (C=O) groups is 1. The third kappa shape index (κ3) is 4.03. The highest BCUT2D eigenvalue weighted by Gasteiger charge is 2.27. The molecule has 1 aliphatic carbocycles. The highest BCUT2D eigenvalue weighted by molar-refractivity contribution is 7.81. The third-order valence-corrected chi connectivity index (χ3v) is 3.40. The lowest BCUT2D eigenvalue weighted by atomic mass is 9.80. The van der Waals surface area contributed by atoms with Gasteiger partial charge in [-0.25, -0.2) is 0 Å². The molecule has 0 atom stereocenters. The van der Waals surface area contributed by atoms with Gasteiger partial charge in [0.15, 0.2) is 0 Å². The van der Waals surface area contributed by atoms with Crippen molar-refractivity contribution in [1.29, 1.82) is 0 Å². The third-order valence-electron chi connectivity index (χ3n) is 2.95. The monoisotopic (exact) mass is 202 g/mol. The first-order chi connectivity index (χ1) is 5.99. The summed E-state index contributed by atoms with van der Waals surface area (Å²) in [4.78, 5) is 10.4. The second-order valence-corrected chi connectivity index (χ2v) is 5.45. The van der Waals surface area contributed by atoms with Crippen LogP contribution in [-0.2, 0) is 4.79 Å². The first-order valence-electron chi connectivity index (χ1n) is 4.94. The molecule has 0 heterocycles. The number of hydrogen-bond donors (Lipinski definition) is 2. The lowest BCUT2D eigenvalue weighted by Gasteiger charge is -2.33. The van der Waals surface area contributed by atoms with Gasteiger partial charge < -0.3 is 5.11 Å². The molecular weight excluding hydrogens is 184 g/mol. The van der Waals surface area contributed by atoms with Crippen LogP contribution in [0.15, 0.2) is 0 Å². The first kappa shape index (κ1) is 10.9. The van der Waals surface area contributed by atoms with Crippen LogP contribution in [0.1, 0.15) is 45.4 Å². The molecule has 3 heteroatoms. The number of carboxylic acids is 1. The fourth-order valence-electron chi connectivity index (χ4n) is 1.92. The van der Waals surface area contributed by atoms with E-state index in [2.05, 4.69) is 19.6 Å². The van der Waals surface area contributed by atoms with Gasteiger partial charge >= 0.3 is 5.97 Å². The van der Waals surface area contributed by atoms with Crippen LogP contribution < -0.4 is 0 Å². The fraction of sp³-hybridized carbons (Fsp3) is 0.900. The van der Waals surface area contributed by atoms with Crippen LogP contribution in [0.4, 0.5) is 0 Å². The zero-order chi connectivity index (χ0) is 9.90. The van der Waals surface area contributed by atoms with E-state index in [4.69, 9.17) is 5.11 Å². The topological polar surface area (TPSA) is 37.3 Å². The van der Waals surface area contributed by atoms with Gasteiger partial charge in [0.05, 0.1) is 0 Å². The highest BCUT2D eigenvalue weighted by Crippen LogP contribution is 2.37. The van der Waals surface area contributed by atoms with Crippen molar-refractivity contribution in [3.63, 3.8) is 0 Å². The number of thiol groups is 1. The molecule has 0 unspecified atom stereocenters. The van der Waals surface area contributed by atoms with Crippen molar-refractivity contribution in [3.05, 3.63) is 0 Å². The van der Waals surface area contributed by atoms with E-state index in [1.165, 1.54) is 0 Å². The number of rotatable bonds is 3. The summed E-state index contributed by atoms with van der Waals surface area (Å²) in [5.74, 6) is -0.0458. The Morgan fingerprint density at radius 3 is 2.54 bits per heavy atom. The van der Waals surface area contributed by atoms with Crippen molar-refractivity contribution in [1.82, 2.24) is 0 Å². The van der Waals surface area contributed by atoms with Gasteiger partial charge in [0.25, 0.3) is 0 Å². The molecule has 0 spiro atoms. The molecule has 76 valence electrons. The molecule has 0 aromatic carbocycles. The maximum Gasteiger partial charge on any atom is 0.303 e. The molecule has 0 radical (unpaired) electrons. The number of hydrogen-bond acceptors (Lipinski definition) is 2. The normalized spacial score (nSPS) is 34.5. The van der Waals surface area contributed by atoms with Crippen LogP contribution in [0.2, 0.25) is 0 Å². The van der Waals surface area contributed by atoms with Crippen molar-refractivity contribution in [2.75, 3.05) is 0 Å². The van der Waals surface area contributed by atoms with Crippen molar-refractivity contribution in [3.8, 4) is 0 Å². The molecule has 13 heavy (non-hydrogen) atoms. The maximum absolute atomic E-state index is 10.4. The Labute approximate surface area is 85.1 Å². The smallest absolute Gasteiger partial charge is 0.303 e. The van der Waals surface area contributed by atoms with E-state index in [0.717, 1.165) is 32.1 Å². The zero-order valence-electron chi connectivity index (χ0n) is 8.12. The van der Waals surface area contributed by atoms with Crippen molar-refractivity contribution >= 4 is 18.6 Å². The molecule has 1 rings (SSSR count). The Balaban J connectivity index is 2.21. The van der Waals surface area contributed by atoms with Crippen molar-refractivity contribution < 1.29 is 9.90 Å². The van der Waals surface area contributed by atoms with Crippen LogP contribution in [0.25, 0.3) is 0 Å². The van der Waals surface area contributed by atoms with Crippen molar-refractivity contribution in [2.45, 2.75) is 50.2 Å². The number of carboxylic acid groups (broad SMARTS) is 1. The summed E-state index contributed by atoms with van der Waals surface area (Å²) in [7, 11) is 0. The molecule has 0 aromatic rings. The van der Waals surface area contributed by atoms with Crippen LogP contribution >= 0.6 is 12.6 Å². The van der Waals surface area contributed by atoms with Crippen LogP contribution in [0.3, 0.4) is 0 Å². The molecule has 0 saturated heterocycles. The predicted molar refractivity (Wildman–Crippen MR) is 56.2 cm³/mol. The quantitative estimate of drug-likeness (QED) is 0.690. The first-order valence-corrected chi connectivity index (χ1v) is 5.38. The van der Waals surface area contributed by atoms with Gasteiger partial charge in [-0.15, -0.1) is 0 Å². The van der Waals surface area contributed by atoms with Crippen LogP contribution in [0, 0.1) is 5.92 Å². The summed E-state index contributed by atoms with van der Waals surface area (Å²) in [6.07, 6.45) is 5.72. The zero-order valence-corrected chi connectivity index (χ0v) is 9.02. The molecule has 1 N–H and O–H groups in total. The van der Waals surface area contributed by atoms with E-state index in [0.29, 0.717) is 12.3 Å². The fourth-order valence-corrected chi connectivity index (χ4v) is 2.17. The minimum atomic E-state index is -0.667. The highest BCUT2D eigenvalue weighted by atomic mass is 32.1. The van der Waals surface area contributed by atoms with Gasteiger partial charge in [0.1, 0.15) is 0 Å². The van der Waals surface area contributed by atoms with Gasteiger partial charge in [-0.2, -0.15) is 12.6 Å². The van der Waals surface area contributed by atoms with Gasteiger partial charge in [-0.3, -0.25) is 4.79 Å². The summed E-state index contributed by atoms with van der Waals surface area (Å²) in [6.45, 7) is 2.17. The van der Waals surface area contributed by atoms with E-state index >= 15 is 0 Å². The van der Waals surface area contributed by atoms with Crippen LogP contribution in [0.5, 0.6) is 0 Å². The van der Waals surface area contributed by atoms with Crippen LogP contribution in [-0.4, -0.2) is 15.8 Å². The molecule has 0 aliphatic heterocycles. The Morgan fingerprint density at radius 2 is 2.08 bits per heavy atom. The van der Waals surface area contributed by atoms with E-state index in [1.807, 2.05) is 0 Å². The van der Waals surface area contributed by atoms with E-state index in [1.54, 1.807) is 0 Å². The lowest BCUT2D eigenvalue weighted by Crippen LogP contribution is -2.25. The molecule has 1 saturated carbocycles. The Morgan fingerprint density at radius 1 is 1.54 bits per heavy atom. The summed E-state index contributed by atoms with van der Waals surface area (Å²) < 4.78 is 0.194.